The van der Waals surface area contributed by atoms with Gasteiger partial charge in [0.1, 0.15) is 0 Å². The number of benzene rings is 2. The van der Waals surface area contributed by atoms with Crippen LogP contribution in [-0.2, 0) is 24.3 Å². The van der Waals surface area contributed by atoms with Crippen LogP contribution in [0.15, 0.2) is 53.4 Å². The monoisotopic (exact) mass is 561 g/mol. The third-order valence-electron chi connectivity index (χ3n) is 5.23. The van der Waals surface area contributed by atoms with Gasteiger partial charge in [0.15, 0.2) is 6.04 Å². The Bertz CT molecular complexity index is 1130. The molecule has 0 saturated heterocycles. The van der Waals surface area contributed by atoms with Crippen LogP contribution in [0.3, 0.4) is 0 Å². The van der Waals surface area contributed by atoms with Crippen molar-refractivity contribution in [2.45, 2.75) is 69.6 Å². The number of rotatable bonds is 13. The molecule has 1 amide bonds. The van der Waals surface area contributed by atoms with Gasteiger partial charge in [0.05, 0.1) is 4.90 Å². The van der Waals surface area contributed by atoms with Crippen LogP contribution in [0, 0.1) is 0 Å². The zero-order valence-corrected chi connectivity index (χ0v) is 22.1. The summed E-state index contributed by atoms with van der Waals surface area (Å²) in [6.45, 7) is 2.51. The van der Waals surface area contributed by atoms with Gasteiger partial charge < -0.3 is 14.6 Å². The number of sulfonamides is 1. The summed E-state index contributed by atoms with van der Waals surface area (Å²) in [6, 6.07) is 10.1. The van der Waals surface area contributed by atoms with E-state index in [1.807, 2.05) is 0 Å². The number of aliphatic hydroxyl groups is 1. The normalized spacial score (nSPS) is 13.9. The summed E-state index contributed by atoms with van der Waals surface area (Å²) < 4.78 is 64.6. The number of esters is 1. The van der Waals surface area contributed by atoms with E-state index in [-0.39, 0.29) is 23.6 Å². The van der Waals surface area contributed by atoms with Gasteiger partial charge in [0.25, 0.3) is 10.0 Å². The molecule has 0 saturated carbocycles. The smallest absolute Gasteiger partial charge is 0.427 e. The number of halogens is 3. The molecule has 0 heterocycles. The van der Waals surface area contributed by atoms with Crippen LogP contribution in [0.1, 0.15) is 46.0 Å². The maximum Gasteiger partial charge on any atom is 0.427 e. The van der Waals surface area contributed by atoms with E-state index in [1.165, 1.54) is 24.3 Å². The quantitative estimate of drug-likeness (QED) is 0.316. The molecule has 2 aromatic rings. The molecule has 8 nitrogen and oxygen atoms in total. The van der Waals surface area contributed by atoms with E-state index in [0.29, 0.717) is 17.0 Å². The topological polar surface area (TPSA) is 110 Å². The molecule has 3 atom stereocenters. The molecule has 0 aliphatic heterocycles. The van der Waals surface area contributed by atoms with Crippen LogP contribution < -0.4 is 0 Å². The Balaban J connectivity index is 2.49. The van der Waals surface area contributed by atoms with Gasteiger partial charge >= 0.3 is 12.1 Å². The molecule has 0 aromatic heterocycles. The van der Waals surface area contributed by atoms with Crippen LogP contribution in [0.5, 0.6) is 0 Å². The number of hydrogen-bond donors (Lipinski definition) is 1. The van der Waals surface area contributed by atoms with E-state index in [2.05, 4.69) is 9.47 Å². The molecule has 0 aliphatic carbocycles. The van der Waals surface area contributed by atoms with Crippen molar-refractivity contribution in [3.63, 3.8) is 0 Å². The maximum absolute atomic E-state index is 14.1. The first kappa shape index (κ1) is 30.5. The van der Waals surface area contributed by atoms with Crippen molar-refractivity contribution in [3.8, 4) is 11.1 Å². The van der Waals surface area contributed by atoms with Crippen LogP contribution in [0.4, 0.5) is 13.6 Å². The second kappa shape index (κ2) is 14.3. The summed E-state index contributed by atoms with van der Waals surface area (Å²) in [5.74, 6) is -1.42. The molecule has 37 heavy (non-hydrogen) atoms. The predicted molar refractivity (Wildman–Crippen MR) is 134 cm³/mol. The summed E-state index contributed by atoms with van der Waals surface area (Å²) in [5.41, 5.74) is 1.36. The van der Waals surface area contributed by atoms with Crippen molar-refractivity contribution in [2.24, 2.45) is 0 Å². The summed E-state index contributed by atoms with van der Waals surface area (Å²) in [5, 5.41) is 10.00. The zero-order chi connectivity index (χ0) is 27.6. The molecule has 204 valence electrons. The Morgan fingerprint density at radius 2 is 1.38 bits per heavy atom. The van der Waals surface area contributed by atoms with Gasteiger partial charge in [-0.15, -0.1) is 0 Å². The Kier molecular flexibility index (Phi) is 11.7. The lowest BCUT2D eigenvalue weighted by atomic mass is 10.1. The summed E-state index contributed by atoms with van der Waals surface area (Å²) in [7, 11) is -4.84. The van der Waals surface area contributed by atoms with Crippen LogP contribution in [0.25, 0.3) is 11.1 Å². The number of carbonyl (C=O) groups is 2. The molecule has 2 rings (SSSR count). The van der Waals surface area contributed by atoms with Gasteiger partial charge in [0, 0.05) is 30.9 Å². The number of hydrogen-bond acceptors (Lipinski definition) is 7. The Hall–Kier alpha value is -2.76. The summed E-state index contributed by atoms with van der Waals surface area (Å²) >= 11 is 5.90. The predicted octanol–water partition coefficient (Wildman–Crippen LogP) is 5.62. The number of ether oxygens (including phenoxy) is 2. The van der Waals surface area contributed by atoms with Crippen molar-refractivity contribution in [3.05, 3.63) is 53.6 Å². The van der Waals surface area contributed by atoms with Crippen molar-refractivity contribution < 1.29 is 41.4 Å². The lowest BCUT2D eigenvalue weighted by Gasteiger charge is -2.29. The highest BCUT2D eigenvalue weighted by molar-refractivity contribution is 7.89. The highest BCUT2D eigenvalue weighted by atomic mass is 35.5. The Morgan fingerprint density at radius 1 is 0.892 bits per heavy atom. The highest BCUT2D eigenvalue weighted by Gasteiger charge is 2.43. The summed E-state index contributed by atoms with van der Waals surface area (Å²) in [6.07, 6.45) is -6.30. The molecule has 0 bridgehead atoms. The van der Waals surface area contributed by atoms with Gasteiger partial charge in [-0.2, -0.15) is 4.31 Å². The minimum atomic E-state index is -4.84. The van der Waals surface area contributed by atoms with Gasteiger partial charge in [-0.1, -0.05) is 49.7 Å². The van der Waals surface area contributed by atoms with E-state index >= 15 is 0 Å². The molecular formula is C25H30ClF2NO7S. The lowest BCUT2D eigenvalue weighted by molar-refractivity contribution is -0.163. The van der Waals surface area contributed by atoms with E-state index in [0.717, 1.165) is 5.56 Å². The van der Waals surface area contributed by atoms with Gasteiger partial charge in [0.2, 0.25) is 12.7 Å². The molecular weight excluding hydrogens is 532 g/mol. The van der Waals surface area contributed by atoms with Gasteiger partial charge in [-0.3, -0.25) is 0 Å². The second-order valence-electron chi connectivity index (χ2n) is 8.08. The molecule has 0 aliphatic rings. The second-order valence-corrected chi connectivity index (χ2v) is 10.3. The third kappa shape index (κ3) is 8.37. The van der Waals surface area contributed by atoms with Crippen molar-refractivity contribution >= 4 is 33.7 Å². The van der Waals surface area contributed by atoms with Gasteiger partial charge in [-0.05, 0) is 48.2 Å². The van der Waals surface area contributed by atoms with E-state index < -0.39 is 58.8 Å². The standard InChI is InChI=1S/C25H30ClF2NO7S/c1-3-5-22(27)35-24(31)21(15-16-30)29(25(32)36-23(28)6-4-2)37(33,34)20-13-9-18(10-14-20)17-7-11-19(26)12-8-17/h7-14,21-23,30H,3-6,15-16H2,1-2H3/t21-,22?,23?/m1/s1. The third-order valence-corrected chi connectivity index (χ3v) is 7.27. The lowest BCUT2D eigenvalue weighted by Crippen LogP contribution is -2.50. The summed E-state index contributed by atoms with van der Waals surface area (Å²) in [4.78, 5) is 25.2. The molecule has 2 aromatic carbocycles. The number of alkyl halides is 2. The van der Waals surface area contributed by atoms with Gasteiger partial charge in [-0.25, -0.2) is 26.8 Å². The van der Waals surface area contributed by atoms with E-state index in [4.69, 9.17) is 11.6 Å². The van der Waals surface area contributed by atoms with E-state index in [1.54, 1.807) is 38.1 Å². The Morgan fingerprint density at radius 3 is 1.86 bits per heavy atom. The minimum absolute atomic E-state index is 0.00373. The number of amides is 1. The largest absolute Gasteiger partial charge is 0.430 e. The average molecular weight is 562 g/mol. The average Bonchev–Trinajstić information content (AvgIpc) is 2.84. The molecule has 0 spiro atoms. The minimum Gasteiger partial charge on any atom is -0.430 e. The highest BCUT2D eigenvalue weighted by Crippen LogP contribution is 2.27. The maximum atomic E-state index is 14.1. The number of nitrogens with zero attached hydrogens (tertiary/aromatic N) is 1. The van der Waals surface area contributed by atoms with E-state index in [9.17, 15) is 31.9 Å². The SMILES string of the molecule is CCCC(F)OC(=O)[C@@H](CCO)N(C(=O)OC(F)CCC)S(=O)(=O)c1ccc(-c2ccc(Cl)cc2)cc1. The first-order valence-electron chi connectivity index (χ1n) is 11.8. The Labute approximate surface area is 220 Å². The van der Waals surface area contributed by atoms with Crippen molar-refractivity contribution in [2.75, 3.05) is 6.61 Å². The zero-order valence-electron chi connectivity index (χ0n) is 20.5. The first-order chi connectivity index (χ1) is 17.5. The first-order valence-corrected chi connectivity index (χ1v) is 13.6. The van der Waals surface area contributed by atoms with Crippen LogP contribution >= 0.6 is 11.6 Å². The fourth-order valence-corrected chi connectivity index (χ4v) is 4.96. The molecule has 2 unspecified atom stereocenters. The molecule has 0 fully saturated rings. The van der Waals surface area contributed by atoms with Crippen LogP contribution in [-0.4, -0.2) is 55.3 Å². The molecule has 0 radical (unpaired) electrons. The molecule has 1 N–H and O–H groups in total. The fraction of sp³-hybridized carbons (Fsp3) is 0.440. The fourth-order valence-electron chi connectivity index (χ4n) is 3.36. The molecule has 12 heteroatoms. The number of aliphatic hydroxyl groups excluding tert-OH is 1. The van der Waals surface area contributed by atoms with Crippen molar-refractivity contribution in [1.82, 2.24) is 4.31 Å². The van der Waals surface area contributed by atoms with Crippen molar-refractivity contribution in [1.29, 1.82) is 0 Å². The van der Waals surface area contributed by atoms with Crippen LogP contribution in [0.2, 0.25) is 5.02 Å². The number of carbonyl (C=O) groups excluding carboxylic acids is 2.